The van der Waals surface area contributed by atoms with Crippen LogP contribution in [0.25, 0.3) is 0 Å². The third-order valence-electron chi connectivity index (χ3n) is 1.71. The van der Waals surface area contributed by atoms with Gasteiger partial charge in [0, 0.05) is 11.6 Å². The molecule has 0 radical (unpaired) electrons. The highest BCUT2D eigenvalue weighted by Gasteiger charge is 2.25. The van der Waals surface area contributed by atoms with Gasteiger partial charge in [-0.25, -0.2) is 0 Å². The second-order valence-electron chi connectivity index (χ2n) is 3.79. The van der Waals surface area contributed by atoms with Gasteiger partial charge in [0.2, 0.25) is 5.76 Å². The Hall–Kier alpha value is -1.85. The number of carbonyl (C=O) groups is 2. The van der Waals surface area contributed by atoms with Crippen LogP contribution in [0.2, 0.25) is 0 Å². The van der Waals surface area contributed by atoms with Gasteiger partial charge in [-0.2, -0.15) is 0 Å². The molecule has 82 valence electrons. The number of carboxylic acid groups (broad SMARTS) is 1. The van der Waals surface area contributed by atoms with Crippen molar-refractivity contribution in [1.82, 2.24) is 10.5 Å². The Morgan fingerprint density at radius 2 is 2.27 bits per heavy atom. The van der Waals surface area contributed by atoms with Gasteiger partial charge in [-0.1, -0.05) is 5.16 Å². The van der Waals surface area contributed by atoms with E-state index in [4.69, 9.17) is 5.11 Å². The van der Waals surface area contributed by atoms with Gasteiger partial charge >= 0.3 is 5.97 Å². The maximum atomic E-state index is 11.5. The Balaban J connectivity index is 2.61. The number of aliphatic carboxylic acids is 1. The van der Waals surface area contributed by atoms with E-state index in [1.54, 1.807) is 13.8 Å². The van der Waals surface area contributed by atoms with Crippen LogP contribution in [0.4, 0.5) is 0 Å². The average molecular weight is 212 g/mol. The number of nitrogens with one attached hydrogen (secondary N) is 1. The second-order valence-corrected chi connectivity index (χ2v) is 3.79. The van der Waals surface area contributed by atoms with Crippen LogP contribution in [0.15, 0.2) is 16.8 Å². The Morgan fingerprint density at radius 1 is 1.60 bits per heavy atom. The van der Waals surface area contributed by atoms with E-state index in [9.17, 15) is 9.59 Å². The molecule has 15 heavy (non-hydrogen) atoms. The first-order valence-corrected chi connectivity index (χ1v) is 4.36. The molecular formula is C9H12N2O4. The highest BCUT2D eigenvalue weighted by atomic mass is 16.5. The number of aromatic nitrogens is 1. The normalized spacial score (nSPS) is 11.1. The second kappa shape index (κ2) is 4.12. The largest absolute Gasteiger partial charge is 0.481 e. The van der Waals surface area contributed by atoms with E-state index in [1.165, 1.54) is 12.3 Å². The van der Waals surface area contributed by atoms with E-state index in [0.29, 0.717) is 0 Å². The van der Waals surface area contributed by atoms with Gasteiger partial charge in [-0.15, -0.1) is 0 Å². The predicted molar refractivity (Wildman–Crippen MR) is 50.3 cm³/mol. The molecule has 0 saturated heterocycles. The van der Waals surface area contributed by atoms with Gasteiger partial charge in [0.25, 0.3) is 5.91 Å². The first-order valence-electron chi connectivity index (χ1n) is 4.36. The molecule has 0 fully saturated rings. The minimum atomic E-state index is -0.974. The molecule has 2 N–H and O–H groups in total. The van der Waals surface area contributed by atoms with Crippen molar-refractivity contribution in [3.05, 3.63) is 18.0 Å². The van der Waals surface area contributed by atoms with Gasteiger partial charge < -0.3 is 14.9 Å². The Bertz CT molecular complexity index is 356. The number of carbonyl (C=O) groups excluding carboxylic acids is 1. The van der Waals surface area contributed by atoms with Gasteiger partial charge in [0.1, 0.15) is 0 Å². The van der Waals surface area contributed by atoms with E-state index >= 15 is 0 Å². The van der Waals surface area contributed by atoms with Crippen LogP contribution in [-0.2, 0) is 4.79 Å². The summed E-state index contributed by atoms with van der Waals surface area (Å²) < 4.78 is 4.64. The molecule has 1 rings (SSSR count). The maximum Gasteiger partial charge on any atom is 0.305 e. The van der Waals surface area contributed by atoms with E-state index in [0.717, 1.165) is 0 Å². The van der Waals surface area contributed by atoms with Crippen LogP contribution in [0.3, 0.4) is 0 Å². The summed E-state index contributed by atoms with van der Waals surface area (Å²) in [7, 11) is 0. The van der Waals surface area contributed by atoms with Crippen molar-refractivity contribution in [1.29, 1.82) is 0 Å². The molecule has 1 heterocycles. The first kappa shape index (κ1) is 11.2. The standard InChI is InChI=1S/C9H12N2O4/c1-9(2,5-7(12)13)11-8(14)6-3-4-10-15-6/h3-4H,5H2,1-2H3,(H,11,14)(H,12,13). The van der Waals surface area contributed by atoms with Crippen LogP contribution < -0.4 is 5.32 Å². The first-order chi connectivity index (χ1) is 6.91. The summed E-state index contributed by atoms with van der Waals surface area (Å²) in [4.78, 5) is 22.0. The van der Waals surface area contributed by atoms with Gasteiger partial charge in [-0.3, -0.25) is 9.59 Å². The molecule has 6 heteroatoms. The summed E-state index contributed by atoms with van der Waals surface area (Å²) in [6, 6.07) is 1.41. The number of hydrogen-bond donors (Lipinski definition) is 2. The minimum absolute atomic E-state index is 0.0634. The zero-order chi connectivity index (χ0) is 11.5. The van der Waals surface area contributed by atoms with Crippen LogP contribution in [-0.4, -0.2) is 27.7 Å². The molecule has 0 bridgehead atoms. The molecule has 0 atom stereocenters. The molecule has 0 saturated carbocycles. The summed E-state index contributed by atoms with van der Waals surface area (Å²) >= 11 is 0. The third-order valence-corrected chi connectivity index (χ3v) is 1.71. The average Bonchev–Trinajstić information content (AvgIpc) is 2.50. The van der Waals surface area contributed by atoms with Crippen molar-refractivity contribution < 1.29 is 19.2 Å². The zero-order valence-corrected chi connectivity index (χ0v) is 8.48. The number of amides is 1. The highest BCUT2D eigenvalue weighted by molar-refractivity contribution is 5.92. The molecule has 1 aromatic rings. The van der Waals surface area contributed by atoms with Gasteiger partial charge in [0.15, 0.2) is 0 Å². The minimum Gasteiger partial charge on any atom is -0.481 e. The fourth-order valence-electron chi connectivity index (χ4n) is 1.12. The van der Waals surface area contributed by atoms with Crippen LogP contribution in [0.1, 0.15) is 30.8 Å². The van der Waals surface area contributed by atoms with Crippen molar-refractivity contribution in [2.24, 2.45) is 0 Å². The Morgan fingerprint density at radius 3 is 2.73 bits per heavy atom. The van der Waals surface area contributed by atoms with Crippen molar-refractivity contribution in [3.8, 4) is 0 Å². The predicted octanol–water partition coefficient (Wildman–Crippen LogP) is 0.658. The number of carboxylic acids is 1. The summed E-state index contributed by atoms with van der Waals surface area (Å²) in [5.41, 5.74) is -0.824. The van der Waals surface area contributed by atoms with E-state index in [2.05, 4.69) is 15.0 Å². The van der Waals surface area contributed by atoms with Crippen molar-refractivity contribution in [2.45, 2.75) is 25.8 Å². The molecule has 0 aliphatic rings. The maximum absolute atomic E-state index is 11.5. The molecule has 0 aliphatic carbocycles. The molecule has 1 aromatic heterocycles. The summed E-state index contributed by atoms with van der Waals surface area (Å²) in [5.74, 6) is -1.38. The molecule has 0 unspecified atom stereocenters. The zero-order valence-electron chi connectivity index (χ0n) is 8.48. The van der Waals surface area contributed by atoms with Crippen LogP contribution in [0, 0.1) is 0 Å². The number of rotatable bonds is 4. The lowest BCUT2D eigenvalue weighted by molar-refractivity contribution is -0.138. The third kappa shape index (κ3) is 3.41. The smallest absolute Gasteiger partial charge is 0.305 e. The molecule has 1 amide bonds. The lowest BCUT2D eigenvalue weighted by Gasteiger charge is -2.23. The fourth-order valence-corrected chi connectivity index (χ4v) is 1.12. The molecule has 6 nitrogen and oxygen atoms in total. The van der Waals surface area contributed by atoms with Gasteiger partial charge in [-0.05, 0) is 13.8 Å². The molecule has 0 aliphatic heterocycles. The molecular weight excluding hydrogens is 200 g/mol. The van der Waals surface area contributed by atoms with Crippen LogP contribution >= 0.6 is 0 Å². The quantitative estimate of drug-likeness (QED) is 0.764. The monoisotopic (exact) mass is 212 g/mol. The lowest BCUT2D eigenvalue weighted by Crippen LogP contribution is -2.44. The topological polar surface area (TPSA) is 92.4 Å². The fraction of sp³-hybridized carbons (Fsp3) is 0.444. The summed E-state index contributed by atoms with van der Waals surface area (Å²) in [6.07, 6.45) is 1.19. The van der Waals surface area contributed by atoms with E-state index < -0.39 is 17.4 Å². The van der Waals surface area contributed by atoms with E-state index in [1.807, 2.05) is 0 Å². The Kier molecular flexibility index (Phi) is 3.08. The van der Waals surface area contributed by atoms with Crippen molar-refractivity contribution in [3.63, 3.8) is 0 Å². The summed E-state index contributed by atoms with van der Waals surface area (Å²) in [5, 5.41) is 14.5. The highest BCUT2D eigenvalue weighted by Crippen LogP contribution is 2.09. The molecule has 0 spiro atoms. The van der Waals surface area contributed by atoms with Crippen molar-refractivity contribution in [2.75, 3.05) is 0 Å². The molecule has 0 aromatic carbocycles. The van der Waals surface area contributed by atoms with Crippen molar-refractivity contribution >= 4 is 11.9 Å². The van der Waals surface area contributed by atoms with Crippen LogP contribution in [0.5, 0.6) is 0 Å². The number of nitrogens with zero attached hydrogens (tertiary/aromatic N) is 1. The lowest BCUT2D eigenvalue weighted by atomic mass is 10.0. The number of hydrogen-bond acceptors (Lipinski definition) is 4. The Labute approximate surface area is 86.3 Å². The summed E-state index contributed by atoms with van der Waals surface area (Å²) in [6.45, 7) is 3.24. The SMILES string of the molecule is CC(C)(CC(=O)O)NC(=O)c1ccno1. The van der Waals surface area contributed by atoms with E-state index in [-0.39, 0.29) is 12.2 Å². The van der Waals surface area contributed by atoms with Gasteiger partial charge in [0.05, 0.1) is 12.6 Å².